The van der Waals surface area contributed by atoms with Gasteiger partial charge in [-0.15, -0.1) is 0 Å². The Kier molecular flexibility index (Phi) is 13.9. The van der Waals surface area contributed by atoms with Crippen molar-refractivity contribution in [2.24, 2.45) is 5.41 Å². The molecule has 0 radical (unpaired) electrons. The molecule has 6 N–H and O–H groups in total. The normalized spacial score (nSPS) is 18.5. The molecule has 0 aliphatic heterocycles. The first-order valence-corrected chi connectivity index (χ1v) is 7.73. The van der Waals surface area contributed by atoms with Crippen molar-refractivity contribution in [3.63, 3.8) is 0 Å². The van der Waals surface area contributed by atoms with Crippen molar-refractivity contribution in [3.05, 3.63) is 58.7 Å². The first-order valence-electron chi connectivity index (χ1n) is 7.73. The molecule has 0 aromatic carbocycles. The molecule has 1 rings (SSSR count). The maximum atomic E-state index is 2.36. The minimum atomic E-state index is 0. The van der Waals surface area contributed by atoms with Crippen LogP contribution in [0, 0.1) is 5.41 Å². The predicted octanol–water partition coefficient (Wildman–Crippen LogP) is 4.06. The predicted molar refractivity (Wildman–Crippen MR) is 103 cm³/mol. The molecule has 1 aliphatic carbocycles. The summed E-state index contributed by atoms with van der Waals surface area (Å²) in [6, 6.07) is 0. The standard InChI is InChI=1S/C20H30.3H2O/c1-7-16(2)10-8-11-17(3)13-14-19-18(4)12-9-15-20(19,5)6;;;/h7-8,10-11,13-14H,9,12,15H2,1-6H3;3*1H2/b10-8+,14-13+,16-7-,17-11-;;;. The zero-order valence-corrected chi connectivity index (χ0v) is 15.6. The average molecular weight is 325 g/mol. The average Bonchev–Trinajstić information content (AvgIpc) is 2.37. The molecule has 23 heavy (non-hydrogen) atoms. The maximum Gasteiger partial charge on any atom is -0.0104 e. The second-order valence-corrected chi connectivity index (χ2v) is 6.57. The molecule has 0 bridgehead atoms. The van der Waals surface area contributed by atoms with Crippen molar-refractivity contribution in [3.8, 4) is 0 Å². The summed E-state index contributed by atoms with van der Waals surface area (Å²) in [5, 5.41) is 0. The van der Waals surface area contributed by atoms with Gasteiger partial charge in [0, 0.05) is 0 Å². The fourth-order valence-electron chi connectivity index (χ4n) is 2.73. The van der Waals surface area contributed by atoms with Crippen LogP contribution in [0.1, 0.15) is 60.8 Å². The minimum Gasteiger partial charge on any atom is -0.412 e. The van der Waals surface area contributed by atoms with Crippen LogP contribution >= 0.6 is 0 Å². The topological polar surface area (TPSA) is 94.5 Å². The van der Waals surface area contributed by atoms with Gasteiger partial charge < -0.3 is 16.4 Å². The first kappa shape index (κ1) is 26.5. The number of allylic oxidation sites excluding steroid dienone is 10. The number of rotatable bonds is 4. The summed E-state index contributed by atoms with van der Waals surface area (Å²) < 4.78 is 0. The molecule has 1 aliphatic rings. The Bertz CT molecular complexity index is 489. The lowest BCUT2D eigenvalue weighted by Crippen LogP contribution is -2.19. The molecule has 0 amide bonds. The smallest absolute Gasteiger partial charge is 0.0104 e. The molecule has 0 aromatic rings. The van der Waals surface area contributed by atoms with E-state index in [4.69, 9.17) is 0 Å². The van der Waals surface area contributed by atoms with Crippen molar-refractivity contribution in [1.29, 1.82) is 0 Å². The SMILES string of the molecule is C\C=C(C)/C=C/C=C(C)\C=C\C1=C(C)CCCC1(C)C.O.O.O. The van der Waals surface area contributed by atoms with E-state index in [1.165, 1.54) is 36.0 Å². The molecule has 0 saturated heterocycles. The van der Waals surface area contributed by atoms with E-state index >= 15 is 0 Å². The molecule has 3 heteroatoms. The molecule has 0 fully saturated rings. The van der Waals surface area contributed by atoms with Crippen LogP contribution in [-0.4, -0.2) is 16.4 Å². The van der Waals surface area contributed by atoms with Crippen LogP contribution in [0.2, 0.25) is 0 Å². The van der Waals surface area contributed by atoms with Gasteiger partial charge in [-0.05, 0) is 57.9 Å². The fraction of sp³-hybridized carbons (Fsp3) is 0.500. The van der Waals surface area contributed by atoms with Crippen LogP contribution in [-0.2, 0) is 0 Å². The second kappa shape index (κ2) is 12.1. The lowest BCUT2D eigenvalue weighted by Gasteiger charge is -2.32. The van der Waals surface area contributed by atoms with Crippen LogP contribution in [0.5, 0.6) is 0 Å². The third-order valence-electron chi connectivity index (χ3n) is 4.23. The van der Waals surface area contributed by atoms with Crippen LogP contribution in [0.3, 0.4) is 0 Å². The molecular weight excluding hydrogens is 288 g/mol. The monoisotopic (exact) mass is 324 g/mol. The van der Waals surface area contributed by atoms with E-state index in [2.05, 4.69) is 78.0 Å². The first-order chi connectivity index (χ1) is 9.36. The Morgan fingerprint density at radius 2 is 1.61 bits per heavy atom. The summed E-state index contributed by atoms with van der Waals surface area (Å²) in [4.78, 5) is 0. The van der Waals surface area contributed by atoms with Gasteiger partial charge in [-0.2, -0.15) is 0 Å². The third kappa shape index (κ3) is 8.70. The molecule has 0 heterocycles. The minimum absolute atomic E-state index is 0. The summed E-state index contributed by atoms with van der Waals surface area (Å²) in [5.74, 6) is 0. The van der Waals surface area contributed by atoms with Gasteiger partial charge in [-0.25, -0.2) is 0 Å². The Morgan fingerprint density at radius 1 is 1.00 bits per heavy atom. The van der Waals surface area contributed by atoms with Gasteiger partial charge in [0.25, 0.3) is 0 Å². The van der Waals surface area contributed by atoms with Crippen LogP contribution in [0.15, 0.2) is 58.7 Å². The molecule has 134 valence electrons. The molecule has 0 aromatic heterocycles. The highest BCUT2D eigenvalue weighted by molar-refractivity contribution is 5.37. The summed E-state index contributed by atoms with van der Waals surface area (Å²) in [6.07, 6.45) is 17.0. The van der Waals surface area contributed by atoms with Crippen molar-refractivity contribution in [1.82, 2.24) is 0 Å². The summed E-state index contributed by atoms with van der Waals surface area (Å²) in [5.41, 5.74) is 6.02. The summed E-state index contributed by atoms with van der Waals surface area (Å²) in [7, 11) is 0. The highest BCUT2D eigenvalue weighted by atomic mass is 16.0. The van der Waals surface area contributed by atoms with Gasteiger partial charge in [0.1, 0.15) is 0 Å². The lowest BCUT2D eigenvalue weighted by atomic mass is 9.72. The van der Waals surface area contributed by atoms with Gasteiger partial charge in [-0.1, -0.05) is 67.0 Å². The Hall–Kier alpha value is -1.42. The van der Waals surface area contributed by atoms with Gasteiger partial charge in [0.2, 0.25) is 0 Å². The van der Waals surface area contributed by atoms with E-state index in [9.17, 15) is 0 Å². The Labute approximate surface area is 142 Å². The summed E-state index contributed by atoms with van der Waals surface area (Å²) >= 11 is 0. The second-order valence-electron chi connectivity index (χ2n) is 6.57. The van der Waals surface area contributed by atoms with Crippen LogP contribution in [0.25, 0.3) is 0 Å². The van der Waals surface area contributed by atoms with E-state index in [-0.39, 0.29) is 16.4 Å². The fourth-order valence-corrected chi connectivity index (χ4v) is 2.73. The lowest BCUT2D eigenvalue weighted by molar-refractivity contribution is 0.377. The Balaban J connectivity index is -0.00000133. The zero-order valence-electron chi connectivity index (χ0n) is 15.6. The number of hydrogen-bond donors (Lipinski definition) is 0. The third-order valence-corrected chi connectivity index (χ3v) is 4.23. The van der Waals surface area contributed by atoms with E-state index < -0.39 is 0 Å². The van der Waals surface area contributed by atoms with Crippen molar-refractivity contribution in [2.45, 2.75) is 60.8 Å². The van der Waals surface area contributed by atoms with Crippen molar-refractivity contribution < 1.29 is 16.4 Å². The van der Waals surface area contributed by atoms with Gasteiger partial charge in [-0.3, -0.25) is 0 Å². The molecule has 0 spiro atoms. The molecule has 3 nitrogen and oxygen atoms in total. The molecule has 0 unspecified atom stereocenters. The van der Waals surface area contributed by atoms with Crippen molar-refractivity contribution >= 4 is 0 Å². The largest absolute Gasteiger partial charge is 0.412 e. The van der Waals surface area contributed by atoms with Gasteiger partial charge >= 0.3 is 0 Å². The van der Waals surface area contributed by atoms with E-state index in [0.717, 1.165) is 0 Å². The van der Waals surface area contributed by atoms with Crippen LogP contribution in [0.4, 0.5) is 0 Å². The molecule has 0 saturated carbocycles. The maximum absolute atomic E-state index is 2.36. The van der Waals surface area contributed by atoms with E-state index in [1.54, 1.807) is 5.57 Å². The van der Waals surface area contributed by atoms with Crippen molar-refractivity contribution in [2.75, 3.05) is 0 Å². The Morgan fingerprint density at radius 3 is 2.13 bits per heavy atom. The number of hydrogen-bond acceptors (Lipinski definition) is 0. The van der Waals surface area contributed by atoms with Gasteiger partial charge in [0.15, 0.2) is 0 Å². The highest BCUT2D eigenvalue weighted by Crippen LogP contribution is 2.40. The van der Waals surface area contributed by atoms with E-state index in [0.29, 0.717) is 5.41 Å². The molecule has 0 atom stereocenters. The quantitative estimate of drug-likeness (QED) is 0.697. The molecular formula is C20H36O3. The highest BCUT2D eigenvalue weighted by Gasteiger charge is 2.26. The summed E-state index contributed by atoms with van der Waals surface area (Å²) in [6.45, 7) is 13.4. The zero-order chi connectivity index (χ0) is 15.2. The van der Waals surface area contributed by atoms with Crippen LogP contribution < -0.4 is 0 Å². The van der Waals surface area contributed by atoms with E-state index in [1.807, 2.05) is 0 Å². The van der Waals surface area contributed by atoms with Gasteiger partial charge in [0.05, 0.1) is 0 Å².